The second-order valence-corrected chi connectivity index (χ2v) is 3.17. The summed E-state index contributed by atoms with van der Waals surface area (Å²) in [4.78, 5) is 10.3. The third-order valence-electron chi connectivity index (χ3n) is 1.85. The van der Waals surface area contributed by atoms with Gasteiger partial charge in [0.25, 0.3) is 0 Å². The van der Waals surface area contributed by atoms with Gasteiger partial charge in [-0.05, 0) is 24.1 Å². The number of carbonyl (C=O) groups is 1. The van der Waals surface area contributed by atoms with E-state index in [1.54, 1.807) is 12.1 Å². The van der Waals surface area contributed by atoms with Crippen molar-refractivity contribution in [1.29, 1.82) is 0 Å². The van der Waals surface area contributed by atoms with Crippen molar-refractivity contribution in [3.63, 3.8) is 0 Å². The van der Waals surface area contributed by atoms with Gasteiger partial charge in [-0.3, -0.25) is 0 Å². The number of aliphatic hydroxyl groups is 1. The molecular weight excluding hydrogens is 208 g/mol. The van der Waals surface area contributed by atoms with Crippen LogP contribution in [-0.2, 0) is 4.79 Å². The highest BCUT2D eigenvalue weighted by Crippen LogP contribution is 2.13. The SMILES string of the molecule is O=C(O)COc1ccc(C=CCCO)cc1. The van der Waals surface area contributed by atoms with Crippen LogP contribution in [0.15, 0.2) is 30.3 Å². The fourth-order valence-electron chi connectivity index (χ4n) is 1.11. The number of rotatable bonds is 6. The van der Waals surface area contributed by atoms with Crippen molar-refractivity contribution in [3.05, 3.63) is 35.9 Å². The molecular formula is C12H14O4. The summed E-state index contributed by atoms with van der Waals surface area (Å²) in [6, 6.07) is 7.07. The van der Waals surface area contributed by atoms with E-state index in [9.17, 15) is 4.79 Å². The van der Waals surface area contributed by atoms with Crippen molar-refractivity contribution < 1.29 is 19.7 Å². The van der Waals surface area contributed by atoms with Crippen molar-refractivity contribution in [2.24, 2.45) is 0 Å². The number of hydrogen-bond donors (Lipinski definition) is 2. The Hall–Kier alpha value is -1.81. The molecule has 2 N–H and O–H groups in total. The first-order chi connectivity index (χ1) is 7.72. The molecule has 1 aromatic rings. The van der Waals surface area contributed by atoms with Crippen molar-refractivity contribution in [3.8, 4) is 5.75 Å². The van der Waals surface area contributed by atoms with Crippen LogP contribution >= 0.6 is 0 Å². The molecule has 16 heavy (non-hydrogen) atoms. The smallest absolute Gasteiger partial charge is 0.341 e. The van der Waals surface area contributed by atoms with E-state index < -0.39 is 5.97 Å². The lowest BCUT2D eigenvalue weighted by atomic mass is 10.2. The summed E-state index contributed by atoms with van der Waals surface area (Å²) in [7, 11) is 0. The molecule has 86 valence electrons. The number of carboxylic acids is 1. The van der Waals surface area contributed by atoms with Crippen molar-refractivity contribution >= 4 is 12.0 Å². The number of hydrogen-bond acceptors (Lipinski definition) is 3. The molecule has 0 saturated heterocycles. The molecule has 1 rings (SSSR count). The van der Waals surface area contributed by atoms with Crippen molar-refractivity contribution in [2.75, 3.05) is 13.2 Å². The van der Waals surface area contributed by atoms with E-state index in [0.717, 1.165) is 5.56 Å². The molecule has 0 heterocycles. The molecule has 4 nitrogen and oxygen atoms in total. The van der Waals surface area contributed by atoms with Crippen LogP contribution in [0.1, 0.15) is 12.0 Å². The average Bonchev–Trinajstić information content (AvgIpc) is 2.28. The van der Waals surface area contributed by atoms with E-state index in [1.165, 1.54) is 0 Å². The van der Waals surface area contributed by atoms with Crippen LogP contribution in [0.3, 0.4) is 0 Å². The Balaban J connectivity index is 2.50. The largest absolute Gasteiger partial charge is 0.482 e. The van der Waals surface area contributed by atoms with Gasteiger partial charge in [0.1, 0.15) is 5.75 Å². The summed E-state index contributed by atoms with van der Waals surface area (Å²) >= 11 is 0. The van der Waals surface area contributed by atoms with E-state index in [-0.39, 0.29) is 13.2 Å². The third kappa shape index (κ3) is 4.61. The zero-order valence-corrected chi connectivity index (χ0v) is 8.80. The van der Waals surface area contributed by atoms with Gasteiger partial charge in [0, 0.05) is 6.61 Å². The molecule has 4 heteroatoms. The highest BCUT2D eigenvalue weighted by atomic mass is 16.5. The van der Waals surface area contributed by atoms with E-state index in [2.05, 4.69) is 0 Å². The van der Waals surface area contributed by atoms with E-state index >= 15 is 0 Å². The lowest BCUT2D eigenvalue weighted by molar-refractivity contribution is -0.139. The van der Waals surface area contributed by atoms with Gasteiger partial charge in [0.2, 0.25) is 0 Å². The molecule has 0 atom stereocenters. The lowest BCUT2D eigenvalue weighted by Gasteiger charge is -2.02. The minimum Gasteiger partial charge on any atom is -0.482 e. The maximum absolute atomic E-state index is 10.3. The molecule has 0 radical (unpaired) electrons. The summed E-state index contributed by atoms with van der Waals surface area (Å²) < 4.78 is 4.98. The van der Waals surface area contributed by atoms with Gasteiger partial charge < -0.3 is 14.9 Å². The first-order valence-corrected chi connectivity index (χ1v) is 4.94. The molecule has 0 aliphatic heterocycles. The Morgan fingerprint density at radius 3 is 2.56 bits per heavy atom. The summed E-state index contributed by atoms with van der Waals surface area (Å²) in [6.07, 6.45) is 4.38. The van der Waals surface area contributed by atoms with Crippen LogP contribution < -0.4 is 4.74 Å². The van der Waals surface area contributed by atoms with Crippen LogP contribution in [0.5, 0.6) is 5.75 Å². The van der Waals surface area contributed by atoms with E-state index in [0.29, 0.717) is 12.2 Å². The number of ether oxygens (including phenoxy) is 1. The van der Waals surface area contributed by atoms with Gasteiger partial charge in [-0.2, -0.15) is 0 Å². The van der Waals surface area contributed by atoms with Crippen LogP contribution in [0.25, 0.3) is 6.08 Å². The minimum atomic E-state index is -0.994. The Bertz CT molecular complexity index is 354. The predicted octanol–water partition coefficient (Wildman–Crippen LogP) is 1.55. The van der Waals surface area contributed by atoms with Crippen molar-refractivity contribution in [2.45, 2.75) is 6.42 Å². The predicted molar refractivity (Wildman–Crippen MR) is 60.3 cm³/mol. The normalized spacial score (nSPS) is 10.6. The molecule has 0 aromatic heterocycles. The molecule has 0 amide bonds. The van der Waals surface area contributed by atoms with Gasteiger partial charge in [-0.1, -0.05) is 24.3 Å². The Kier molecular flexibility index (Phi) is 5.08. The highest BCUT2D eigenvalue weighted by Gasteiger charge is 1.98. The fourth-order valence-corrected chi connectivity index (χ4v) is 1.11. The second-order valence-electron chi connectivity index (χ2n) is 3.17. The number of aliphatic carboxylic acids is 1. The minimum absolute atomic E-state index is 0.135. The van der Waals surface area contributed by atoms with Gasteiger partial charge in [-0.25, -0.2) is 4.79 Å². The Labute approximate surface area is 93.8 Å². The zero-order valence-electron chi connectivity index (χ0n) is 8.80. The van der Waals surface area contributed by atoms with Crippen molar-refractivity contribution in [1.82, 2.24) is 0 Å². The maximum Gasteiger partial charge on any atom is 0.341 e. The summed E-state index contributed by atoms with van der Waals surface area (Å²) in [5, 5.41) is 17.0. The quantitative estimate of drug-likeness (QED) is 0.766. The first-order valence-electron chi connectivity index (χ1n) is 4.94. The number of aliphatic hydroxyl groups excluding tert-OH is 1. The average molecular weight is 222 g/mol. The van der Waals surface area contributed by atoms with Gasteiger partial charge in [-0.15, -0.1) is 0 Å². The van der Waals surface area contributed by atoms with Gasteiger partial charge in [0.05, 0.1) is 0 Å². The zero-order chi connectivity index (χ0) is 11.8. The van der Waals surface area contributed by atoms with E-state index in [4.69, 9.17) is 14.9 Å². The molecule has 0 unspecified atom stereocenters. The second kappa shape index (κ2) is 6.63. The highest BCUT2D eigenvalue weighted by molar-refractivity contribution is 5.68. The lowest BCUT2D eigenvalue weighted by Crippen LogP contribution is -2.09. The third-order valence-corrected chi connectivity index (χ3v) is 1.85. The van der Waals surface area contributed by atoms with Gasteiger partial charge >= 0.3 is 5.97 Å². The standard InChI is InChI=1S/C12H14O4/c13-8-2-1-3-10-4-6-11(7-5-10)16-9-12(14)15/h1,3-7,13H,2,8-9H2,(H,14,15). The Morgan fingerprint density at radius 2 is 2.00 bits per heavy atom. The number of carboxylic acid groups (broad SMARTS) is 1. The molecule has 0 aliphatic carbocycles. The Morgan fingerprint density at radius 1 is 1.31 bits per heavy atom. The topological polar surface area (TPSA) is 66.8 Å². The molecule has 0 bridgehead atoms. The summed E-state index contributed by atoms with van der Waals surface area (Å²) in [5.41, 5.74) is 0.983. The van der Waals surface area contributed by atoms with Crippen LogP contribution in [0, 0.1) is 0 Å². The van der Waals surface area contributed by atoms with Crippen LogP contribution in [-0.4, -0.2) is 29.4 Å². The molecule has 1 aromatic carbocycles. The first kappa shape index (κ1) is 12.3. The van der Waals surface area contributed by atoms with Crippen LogP contribution in [0.4, 0.5) is 0 Å². The molecule has 0 saturated carbocycles. The summed E-state index contributed by atoms with van der Waals surface area (Å²) in [6.45, 7) is -0.198. The summed E-state index contributed by atoms with van der Waals surface area (Å²) in [5.74, 6) is -0.464. The van der Waals surface area contributed by atoms with Crippen LogP contribution in [0.2, 0.25) is 0 Å². The fraction of sp³-hybridized carbons (Fsp3) is 0.250. The van der Waals surface area contributed by atoms with E-state index in [1.807, 2.05) is 24.3 Å². The maximum atomic E-state index is 10.3. The molecule has 0 aliphatic rings. The molecule has 0 spiro atoms. The monoisotopic (exact) mass is 222 g/mol. The molecule has 0 fully saturated rings. The number of benzene rings is 1. The van der Waals surface area contributed by atoms with Gasteiger partial charge in [0.15, 0.2) is 6.61 Å².